The predicted octanol–water partition coefficient (Wildman–Crippen LogP) is 7.40. The minimum absolute atomic E-state index is 0.0451. The van der Waals surface area contributed by atoms with Crippen LogP contribution in [0.2, 0.25) is 0 Å². The fourth-order valence-electron chi connectivity index (χ4n) is 4.49. The lowest BCUT2D eigenvalue weighted by atomic mass is 10.1. The average molecular weight is 575 g/mol. The highest BCUT2D eigenvalue weighted by Gasteiger charge is 2.36. The first-order valence-corrected chi connectivity index (χ1v) is 14.3. The van der Waals surface area contributed by atoms with Gasteiger partial charge in [-0.15, -0.1) is 0 Å². The van der Waals surface area contributed by atoms with E-state index in [0.717, 1.165) is 17.7 Å². The number of ether oxygens (including phenoxy) is 2. The van der Waals surface area contributed by atoms with E-state index in [1.165, 1.54) is 18.2 Å². The Morgan fingerprint density at radius 1 is 0.634 bits per heavy atom. The minimum atomic E-state index is -4.70. The molecule has 5 nitrogen and oxygen atoms in total. The monoisotopic (exact) mass is 574 g/mol. The molecular weight excluding hydrogens is 548 g/mol. The summed E-state index contributed by atoms with van der Waals surface area (Å²) in [7, 11) is -3.63. The van der Waals surface area contributed by atoms with Crippen LogP contribution in [0.25, 0.3) is 0 Å². The molecule has 0 aliphatic rings. The van der Waals surface area contributed by atoms with Crippen LogP contribution in [-0.2, 0) is 10.7 Å². The smallest absolute Gasteiger partial charge is 0.420 e. The molecule has 0 unspecified atom stereocenters. The Balaban J connectivity index is 1.72. The number of alkyl halides is 3. The van der Waals surface area contributed by atoms with Gasteiger partial charge in [0.2, 0.25) is 0 Å². The molecule has 0 atom stereocenters. The van der Waals surface area contributed by atoms with Crippen LogP contribution in [0.4, 0.5) is 24.5 Å². The molecule has 0 saturated heterocycles. The first-order valence-electron chi connectivity index (χ1n) is 12.6. The van der Waals surface area contributed by atoms with Crippen LogP contribution in [0.15, 0.2) is 115 Å². The van der Waals surface area contributed by atoms with Gasteiger partial charge in [0.25, 0.3) is 0 Å². The molecule has 0 saturated carbocycles. The molecule has 0 heterocycles. The van der Waals surface area contributed by atoms with Gasteiger partial charge in [0.05, 0.1) is 5.30 Å². The molecule has 0 aromatic heterocycles. The van der Waals surface area contributed by atoms with Crippen molar-refractivity contribution in [1.82, 2.24) is 0 Å². The quantitative estimate of drug-likeness (QED) is 0.156. The summed E-state index contributed by atoms with van der Waals surface area (Å²) >= 11 is 0. The summed E-state index contributed by atoms with van der Waals surface area (Å²) in [6.45, 7) is 1.83. The van der Waals surface area contributed by atoms with Crippen LogP contribution < -0.4 is 36.9 Å². The van der Waals surface area contributed by atoms with Crippen LogP contribution in [0, 0.1) is 6.92 Å². The topological polar surface area (TPSA) is 87.6 Å². The van der Waals surface area contributed by atoms with E-state index in [9.17, 15) is 13.2 Å². The Bertz CT molecular complexity index is 1700. The van der Waals surface area contributed by atoms with Crippen LogP contribution in [-0.4, -0.2) is 0 Å². The Kier molecular flexibility index (Phi) is 7.52. The Morgan fingerprint density at radius 3 is 1.73 bits per heavy atom. The second kappa shape index (κ2) is 11.1. The summed E-state index contributed by atoms with van der Waals surface area (Å²) in [6, 6.07) is 30.7. The van der Waals surface area contributed by atoms with Gasteiger partial charge >= 0.3 is 6.18 Å². The molecule has 4 N–H and O–H groups in total. The normalized spacial score (nSPS) is 11.7. The first kappa shape index (κ1) is 27.9. The summed E-state index contributed by atoms with van der Waals surface area (Å²) in [5, 5.41) is 1.30. The fraction of sp³-hybridized carbons (Fsp3) is 0.0625. The largest absolute Gasteiger partial charge is 0.457 e. The Hall–Kier alpha value is -4.68. The second-order valence-corrected chi connectivity index (χ2v) is 12.1. The lowest BCUT2D eigenvalue weighted by molar-refractivity contribution is -0.138. The third-order valence-electron chi connectivity index (χ3n) is 6.46. The lowest BCUT2D eigenvalue weighted by Gasteiger charge is -2.24. The standard InChI is InChI=1S/C32H26F3N2O3P/c1-21-18-22(36)12-15-28(21)40-30-17-14-24(39-29-16-13-23(37)19-27(29)32(33,34)35)20-31(30)41(38,25-8-4-2-5-9-25)26-10-6-3-7-11-26/h2-20H,36-37H2,1H3. The summed E-state index contributed by atoms with van der Waals surface area (Å²) in [5.41, 5.74) is 11.8. The van der Waals surface area contributed by atoms with Gasteiger partial charge in [-0.05, 0) is 67.1 Å². The van der Waals surface area contributed by atoms with Crippen LogP contribution >= 0.6 is 7.14 Å². The molecule has 0 aliphatic heterocycles. The van der Waals surface area contributed by atoms with Gasteiger partial charge in [-0.3, -0.25) is 0 Å². The average Bonchev–Trinajstić information content (AvgIpc) is 2.96. The second-order valence-electron chi connectivity index (χ2n) is 9.39. The van der Waals surface area contributed by atoms with Crippen molar-refractivity contribution in [3.05, 3.63) is 126 Å². The third-order valence-corrected chi connectivity index (χ3v) is 9.54. The number of nitrogens with two attached hydrogens (primary N) is 2. The molecule has 0 amide bonds. The summed E-state index contributed by atoms with van der Waals surface area (Å²) in [5.74, 6) is 0.355. The van der Waals surface area contributed by atoms with Gasteiger partial charge in [-0.1, -0.05) is 60.7 Å². The zero-order valence-electron chi connectivity index (χ0n) is 21.9. The fourth-order valence-corrected chi connectivity index (χ4v) is 7.26. The van der Waals surface area contributed by atoms with E-state index in [4.69, 9.17) is 20.9 Å². The number of benzene rings is 5. The number of aryl methyl sites for hydroxylation is 1. The van der Waals surface area contributed by atoms with Crippen molar-refractivity contribution in [2.24, 2.45) is 0 Å². The van der Waals surface area contributed by atoms with Gasteiger partial charge in [-0.2, -0.15) is 13.2 Å². The first-order chi connectivity index (χ1) is 19.6. The highest BCUT2D eigenvalue weighted by molar-refractivity contribution is 7.85. The zero-order valence-corrected chi connectivity index (χ0v) is 22.8. The molecule has 5 aromatic carbocycles. The molecule has 0 aliphatic carbocycles. The molecule has 0 bridgehead atoms. The minimum Gasteiger partial charge on any atom is -0.457 e. The molecule has 5 rings (SSSR count). The zero-order chi connectivity index (χ0) is 29.2. The van der Waals surface area contributed by atoms with E-state index in [0.29, 0.717) is 22.0 Å². The van der Waals surface area contributed by atoms with Gasteiger partial charge in [0.1, 0.15) is 28.6 Å². The molecule has 0 radical (unpaired) electrons. The van der Waals surface area contributed by atoms with Crippen molar-refractivity contribution in [2.45, 2.75) is 13.1 Å². The number of halogens is 3. The number of hydrogen-bond acceptors (Lipinski definition) is 5. The third kappa shape index (κ3) is 5.79. The number of hydrogen-bond donors (Lipinski definition) is 2. The maximum atomic E-state index is 15.3. The van der Waals surface area contributed by atoms with E-state index in [1.807, 2.05) is 19.1 Å². The molecule has 0 fully saturated rings. The van der Waals surface area contributed by atoms with Crippen LogP contribution in [0.1, 0.15) is 11.1 Å². The molecule has 208 valence electrons. The SMILES string of the molecule is Cc1cc(N)ccc1Oc1ccc(Oc2ccc(N)cc2C(F)(F)F)cc1P(=O)(c1ccccc1)c1ccccc1. The van der Waals surface area contributed by atoms with Crippen molar-refractivity contribution in [3.8, 4) is 23.0 Å². The van der Waals surface area contributed by atoms with Gasteiger partial charge in [0.15, 0.2) is 7.14 Å². The van der Waals surface area contributed by atoms with E-state index in [-0.39, 0.29) is 22.5 Å². The van der Waals surface area contributed by atoms with Crippen LogP contribution in [0.5, 0.6) is 23.0 Å². The Morgan fingerprint density at radius 2 is 1.17 bits per heavy atom. The van der Waals surface area contributed by atoms with E-state index >= 15 is 4.57 Å². The maximum Gasteiger partial charge on any atom is 0.420 e. The van der Waals surface area contributed by atoms with Crippen molar-refractivity contribution in [3.63, 3.8) is 0 Å². The molecule has 9 heteroatoms. The molecule has 41 heavy (non-hydrogen) atoms. The molecule has 5 aromatic rings. The maximum absolute atomic E-state index is 15.3. The summed E-state index contributed by atoms with van der Waals surface area (Å²) in [4.78, 5) is 0. The van der Waals surface area contributed by atoms with Crippen molar-refractivity contribution in [2.75, 3.05) is 11.5 Å². The highest BCUT2D eigenvalue weighted by atomic mass is 31.2. The number of rotatable bonds is 7. The Labute approximate surface area is 235 Å². The van der Waals surface area contributed by atoms with E-state index in [1.54, 1.807) is 72.8 Å². The number of nitrogen functional groups attached to an aromatic ring is 2. The summed E-state index contributed by atoms with van der Waals surface area (Å²) < 4.78 is 68.8. The molecule has 0 spiro atoms. The van der Waals surface area contributed by atoms with E-state index < -0.39 is 24.6 Å². The predicted molar refractivity (Wildman–Crippen MR) is 157 cm³/mol. The van der Waals surface area contributed by atoms with Gasteiger partial charge in [-0.25, -0.2) is 0 Å². The van der Waals surface area contributed by atoms with Crippen molar-refractivity contribution < 1.29 is 27.2 Å². The highest BCUT2D eigenvalue weighted by Crippen LogP contribution is 2.47. The lowest BCUT2D eigenvalue weighted by Crippen LogP contribution is -2.26. The van der Waals surface area contributed by atoms with Crippen molar-refractivity contribution in [1.29, 1.82) is 0 Å². The van der Waals surface area contributed by atoms with E-state index in [2.05, 4.69) is 0 Å². The number of anilines is 2. The van der Waals surface area contributed by atoms with Gasteiger partial charge < -0.3 is 25.5 Å². The van der Waals surface area contributed by atoms with Crippen molar-refractivity contribution >= 4 is 34.4 Å². The molecular formula is C32H26F3N2O3P. The van der Waals surface area contributed by atoms with Crippen LogP contribution in [0.3, 0.4) is 0 Å². The van der Waals surface area contributed by atoms with Gasteiger partial charge in [0, 0.05) is 22.0 Å². The summed E-state index contributed by atoms with van der Waals surface area (Å²) in [6.07, 6.45) is -4.70.